The summed E-state index contributed by atoms with van der Waals surface area (Å²) in [4.78, 5) is 12.8. The van der Waals surface area contributed by atoms with E-state index in [2.05, 4.69) is 0 Å². The van der Waals surface area contributed by atoms with Crippen LogP contribution in [0.3, 0.4) is 0 Å². The second kappa shape index (κ2) is 7.01. The Kier molecular flexibility index (Phi) is 6.42. The molecular weight excluding hydrogens is 220 g/mol. The molecule has 0 saturated heterocycles. The van der Waals surface area contributed by atoms with Crippen molar-refractivity contribution < 1.29 is 15.4 Å². The maximum atomic E-state index is 11.4. The number of hydrogen-bond acceptors (Lipinski definition) is 3. The van der Waals surface area contributed by atoms with Crippen molar-refractivity contribution in [1.29, 1.82) is 0 Å². The highest BCUT2D eigenvalue weighted by Gasteiger charge is 2.22. The molecule has 96 valence electrons. The summed E-state index contributed by atoms with van der Waals surface area (Å²) in [6.07, 6.45) is -0.693. The third kappa shape index (κ3) is 3.81. The number of amides is 1. The molecule has 1 amide bonds. The first-order valence-electron chi connectivity index (χ1n) is 5.26. The van der Waals surface area contributed by atoms with Crippen LogP contribution in [0.4, 0.5) is 0 Å². The number of benzene rings is 1. The molecule has 0 bridgehead atoms. The molecule has 0 fully saturated rings. The van der Waals surface area contributed by atoms with Crippen molar-refractivity contribution in [2.24, 2.45) is 5.73 Å². The Balaban J connectivity index is 0.00000256. The van der Waals surface area contributed by atoms with Gasteiger partial charge in [-0.1, -0.05) is 30.3 Å². The summed E-state index contributed by atoms with van der Waals surface area (Å²) >= 11 is 0. The SMILES string of the molecule is C[C@@H]([C@H](O)c1ccccc1)N(C)C(=O)CN.O. The predicted octanol–water partition coefficient (Wildman–Crippen LogP) is -0.299. The van der Waals surface area contributed by atoms with E-state index in [9.17, 15) is 9.90 Å². The number of nitrogens with two attached hydrogens (primary N) is 1. The van der Waals surface area contributed by atoms with Crippen LogP contribution >= 0.6 is 0 Å². The first kappa shape index (κ1) is 15.6. The van der Waals surface area contributed by atoms with Crippen LogP contribution in [0.15, 0.2) is 30.3 Å². The Hall–Kier alpha value is -1.43. The summed E-state index contributed by atoms with van der Waals surface area (Å²) in [6, 6.07) is 8.98. The van der Waals surface area contributed by atoms with Gasteiger partial charge in [0.25, 0.3) is 0 Å². The van der Waals surface area contributed by atoms with E-state index in [0.717, 1.165) is 5.56 Å². The highest BCUT2D eigenvalue weighted by atomic mass is 16.3. The largest absolute Gasteiger partial charge is 0.412 e. The molecule has 0 radical (unpaired) electrons. The van der Waals surface area contributed by atoms with Crippen LogP contribution in [0.25, 0.3) is 0 Å². The monoisotopic (exact) mass is 240 g/mol. The van der Waals surface area contributed by atoms with Gasteiger partial charge >= 0.3 is 0 Å². The first-order chi connectivity index (χ1) is 7.57. The van der Waals surface area contributed by atoms with E-state index in [-0.39, 0.29) is 24.0 Å². The Morgan fingerprint density at radius 1 is 1.41 bits per heavy atom. The molecule has 0 aliphatic carbocycles. The fourth-order valence-electron chi connectivity index (χ4n) is 1.51. The zero-order valence-corrected chi connectivity index (χ0v) is 10.1. The van der Waals surface area contributed by atoms with Gasteiger partial charge in [0.1, 0.15) is 0 Å². The van der Waals surface area contributed by atoms with E-state index < -0.39 is 6.10 Å². The van der Waals surface area contributed by atoms with E-state index in [4.69, 9.17) is 5.73 Å². The number of likely N-dealkylation sites (N-methyl/N-ethyl adjacent to an activating group) is 1. The molecule has 17 heavy (non-hydrogen) atoms. The Morgan fingerprint density at radius 3 is 2.41 bits per heavy atom. The van der Waals surface area contributed by atoms with Gasteiger partial charge in [-0.05, 0) is 12.5 Å². The quantitative estimate of drug-likeness (QED) is 0.756. The zero-order valence-electron chi connectivity index (χ0n) is 10.1. The Bertz CT molecular complexity index is 343. The van der Waals surface area contributed by atoms with Gasteiger partial charge in [-0.2, -0.15) is 0 Å². The molecule has 0 aromatic heterocycles. The molecule has 1 rings (SSSR count). The van der Waals surface area contributed by atoms with Gasteiger partial charge in [0, 0.05) is 7.05 Å². The van der Waals surface area contributed by atoms with Gasteiger partial charge < -0.3 is 21.2 Å². The van der Waals surface area contributed by atoms with Crippen LogP contribution < -0.4 is 5.73 Å². The lowest BCUT2D eigenvalue weighted by Crippen LogP contribution is -2.42. The number of hydrogen-bond donors (Lipinski definition) is 2. The molecule has 0 saturated carbocycles. The van der Waals surface area contributed by atoms with Crippen molar-refractivity contribution in [3.63, 3.8) is 0 Å². The van der Waals surface area contributed by atoms with Crippen molar-refractivity contribution in [1.82, 2.24) is 4.90 Å². The van der Waals surface area contributed by atoms with Gasteiger partial charge in [0.2, 0.25) is 5.91 Å². The summed E-state index contributed by atoms with van der Waals surface area (Å²) in [5, 5.41) is 10.1. The van der Waals surface area contributed by atoms with Crippen molar-refractivity contribution in [3.05, 3.63) is 35.9 Å². The highest BCUT2D eigenvalue weighted by molar-refractivity contribution is 5.78. The molecule has 1 aromatic carbocycles. The second-order valence-corrected chi connectivity index (χ2v) is 3.80. The van der Waals surface area contributed by atoms with Crippen molar-refractivity contribution in [3.8, 4) is 0 Å². The number of carbonyl (C=O) groups excluding carboxylic acids is 1. The number of rotatable bonds is 4. The minimum atomic E-state index is -0.693. The van der Waals surface area contributed by atoms with E-state index in [1.54, 1.807) is 14.0 Å². The molecule has 0 unspecified atom stereocenters. The Morgan fingerprint density at radius 2 is 1.94 bits per heavy atom. The average Bonchev–Trinajstić information content (AvgIpc) is 2.36. The topological polar surface area (TPSA) is 98.1 Å². The normalized spacial score (nSPS) is 13.4. The van der Waals surface area contributed by atoms with Crippen LogP contribution in [0.1, 0.15) is 18.6 Å². The number of carbonyl (C=O) groups is 1. The summed E-state index contributed by atoms with van der Waals surface area (Å²) in [5.74, 6) is -0.178. The van der Waals surface area contributed by atoms with Gasteiger partial charge in [-0.3, -0.25) is 4.79 Å². The summed E-state index contributed by atoms with van der Waals surface area (Å²) < 4.78 is 0. The molecule has 0 heterocycles. The lowest BCUT2D eigenvalue weighted by Gasteiger charge is -2.28. The van der Waals surface area contributed by atoms with Crippen LogP contribution in [-0.4, -0.2) is 41.0 Å². The molecule has 0 spiro atoms. The minimum Gasteiger partial charge on any atom is -0.412 e. The molecule has 5 nitrogen and oxygen atoms in total. The van der Waals surface area contributed by atoms with Crippen LogP contribution in [-0.2, 0) is 4.79 Å². The fraction of sp³-hybridized carbons (Fsp3) is 0.417. The Labute approximate surface area is 101 Å². The molecule has 5 heteroatoms. The molecular formula is C12H20N2O3. The first-order valence-corrected chi connectivity index (χ1v) is 5.26. The maximum Gasteiger partial charge on any atom is 0.236 e. The number of aliphatic hydroxyl groups is 1. The van der Waals surface area contributed by atoms with E-state index >= 15 is 0 Å². The third-order valence-electron chi connectivity index (χ3n) is 2.78. The average molecular weight is 240 g/mol. The van der Waals surface area contributed by atoms with Crippen LogP contribution in [0.5, 0.6) is 0 Å². The zero-order chi connectivity index (χ0) is 12.1. The van der Waals surface area contributed by atoms with Crippen molar-refractivity contribution in [2.45, 2.75) is 19.1 Å². The van der Waals surface area contributed by atoms with E-state index in [0.29, 0.717) is 0 Å². The van der Waals surface area contributed by atoms with Crippen LogP contribution in [0, 0.1) is 0 Å². The van der Waals surface area contributed by atoms with Gasteiger partial charge in [-0.25, -0.2) is 0 Å². The van der Waals surface area contributed by atoms with Gasteiger partial charge in [0.05, 0.1) is 18.7 Å². The van der Waals surface area contributed by atoms with Crippen LogP contribution in [0.2, 0.25) is 0 Å². The maximum absolute atomic E-state index is 11.4. The minimum absolute atomic E-state index is 0. The number of nitrogens with zero attached hydrogens (tertiary/aromatic N) is 1. The van der Waals surface area contributed by atoms with Crippen molar-refractivity contribution in [2.75, 3.05) is 13.6 Å². The predicted molar refractivity (Wildman–Crippen MR) is 66.3 cm³/mol. The summed E-state index contributed by atoms with van der Waals surface area (Å²) in [5.41, 5.74) is 6.07. The number of aliphatic hydroxyl groups excluding tert-OH is 1. The van der Waals surface area contributed by atoms with Gasteiger partial charge in [-0.15, -0.1) is 0 Å². The fourth-order valence-corrected chi connectivity index (χ4v) is 1.51. The smallest absolute Gasteiger partial charge is 0.236 e. The lowest BCUT2D eigenvalue weighted by molar-refractivity contribution is -0.132. The molecule has 1 aromatic rings. The molecule has 2 atom stereocenters. The molecule has 0 aliphatic rings. The molecule has 0 aliphatic heterocycles. The summed E-state index contributed by atoms with van der Waals surface area (Å²) in [7, 11) is 1.64. The second-order valence-electron chi connectivity index (χ2n) is 3.80. The standard InChI is InChI=1S/C12H18N2O2.H2O/c1-9(14(2)11(15)8-13)12(16)10-6-4-3-5-7-10;/h3-7,9,12,16H,8,13H2,1-2H3;1H2/t9-,12-;/m0./s1. The third-order valence-corrected chi connectivity index (χ3v) is 2.78. The van der Waals surface area contributed by atoms with E-state index in [1.807, 2.05) is 30.3 Å². The highest BCUT2D eigenvalue weighted by Crippen LogP contribution is 2.19. The van der Waals surface area contributed by atoms with Crippen molar-refractivity contribution >= 4 is 5.91 Å². The van der Waals surface area contributed by atoms with Gasteiger partial charge in [0.15, 0.2) is 0 Å². The summed E-state index contributed by atoms with van der Waals surface area (Å²) in [6.45, 7) is 1.76. The molecule has 5 N–H and O–H groups in total. The lowest BCUT2D eigenvalue weighted by atomic mass is 10.0. The van der Waals surface area contributed by atoms with E-state index in [1.165, 1.54) is 4.90 Å².